The largest absolute Gasteiger partial charge is 0.455 e. The van der Waals surface area contributed by atoms with Crippen LogP contribution in [0.4, 0.5) is 0 Å². The first-order valence-corrected chi connectivity index (χ1v) is 14.0. The highest BCUT2D eigenvalue weighted by Crippen LogP contribution is 2.42. The van der Waals surface area contributed by atoms with Gasteiger partial charge in [0, 0.05) is 41.9 Å². The van der Waals surface area contributed by atoms with Crippen LogP contribution in [0.1, 0.15) is 0 Å². The fourth-order valence-electron chi connectivity index (χ4n) is 6.32. The van der Waals surface area contributed by atoms with Crippen molar-refractivity contribution in [3.05, 3.63) is 127 Å². The van der Waals surface area contributed by atoms with Gasteiger partial charge in [-0.05, 0) is 48.0 Å². The lowest BCUT2D eigenvalue weighted by Gasteiger charge is -2.09. The molecule has 0 saturated carbocycles. The summed E-state index contributed by atoms with van der Waals surface area (Å²) in [5, 5.41) is 7.40. The number of hydrogen-bond acceptors (Lipinski definition) is 2. The summed E-state index contributed by atoms with van der Waals surface area (Å²) >= 11 is 1.85. The van der Waals surface area contributed by atoms with Crippen LogP contribution in [-0.2, 0) is 0 Å². The SMILES string of the molecule is c1cc(-n2c3ccccc3c3ccccc32)c2c(c1)oc1c(-c3ccc4sc5ccccc5c4c3)cccc12. The minimum atomic E-state index is 0.902. The van der Waals surface area contributed by atoms with E-state index >= 15 is 0 Å². The number of nitrogens with zero attached hydrogens (tertiary/aromatic N) is 1. The maximum Gasteiger partial charge on any atom is 0.143 e. The molecule has 0 aliphatic rings. The van der Waals surface area contributed by atoms with Crippen molar-refractivity contribution in [3.63, 3.8) is 0 Å². The first-order chi connectivity index (χ1) is 19.3. The lowest BCUT2D eigenvalue weighted by atomic mass is 10.00. The molecule has 2 nitrogen and oxygen atoms in total. The monoisotopic (exact) mass is 515 g/mol. The van der Waals surface area contributed by atoms with E-state index in [-0.39, 0.29) is 0 Å². The Kier molecular flexibility index (Phi) is 4.24. The van der Waals surface area contributed by atoms with Gasteiger partial charge in [-0.1, -0.05) is 84.9 Å². The van der Waals surface area contributed by atoms with Crippen molar-refractivity contribution < 1.29 is 4.42 Å². The zero-order valence-corrected chi connectivity index (χ0v) is 21.7. The molecule has 0 amide bonds. The highest BCUT2D eigenvalue weighted by Gasteiger charge is 2.19. The molecule has 0 aliphatic heterocycles. The summed E-state index contributed by atoms with van der Waals surface area (Å²) in [6.07, 6.45) is 0. The lowest BCUT2D eigenvalue weighted by Crippen LogP contribution is -1.94. The van der Waals surface area contributed by atoms with E-state index < -0.39 is 0 Å². The van der Waals surface area contributed by atoms with E-state index in [1.165, 1.54) is 47.5 Å². The molecule has 9 rings (SSSR count). The van der Waals surface area contributed by atoms with Crippen LogP contribution in [0.5, 0.6) is 0 Å². The number of thiophene rings is 1. The van der Waals surface area contributed by atoms with Crippen LogP contribution in [0, 0.1) is 0 Å². The van der Waals surface area contributed by atoms with Crippen LogP contribution < -0.4 is 0 Å². The molecule has 6 aromatic carbocycles. The molecule has 182 valence electrons. The first-order valence-electron chi connectivity index (χ1n) is 13.2. The third-order valence-electron chi connectivity index (χ3n) is 8.01. The van der Waals surface area contributed by atoms with Crippen molar-refractivity contribution >= 4 is 75.3 Å². The van der Waals surface area contributed by atoms with E-state index in [4.69, 9.17) is 4.42 Å². The Morgan fingerprint density at radius 2 is 1.18 bits per heavy atom. The molecule has 0 radical (unpaired) electrons. The van der Waals surface area contributed by atoms with Gasteiger partial charge >= 0.3 is 0 Å². The number of para-hydroxylation sites is 3. The van der Waals surface area contributed by atoms with E-state index in [9.17, 15) is 0 Å². The summed E-state index contributed by atoms with van der Waals surface area (Å²) in [5.74, 6) is 0. The molecule has 0 bridgehead atoms. The quantitative estimate of drug-likeness (QED) is 0.224. The second kappa shape index (κ2) is 7.83. The molecule has 0 N–H and O–H groups in total. The first kappa shape index (κ1) is 21.1. The normalized spacial score (nSPS) is 12.1. The van der Waals surface area contributed by atoms with Crippen LogP contribution in [0.15, 0.2) is 132 Å². The van der Waals surface area contributed by atoms with Crippen LogP contribution in [0.25, 0.3) is 80.7 Å². The van der Waals surface area contributed by atoms with Crippen molar-refractivity contribution in [1.29, 1.82) is 0 Å². The Morgan fingerprint density at radius 1 is 0.513 bits per heavy atom. The summed E-state index contributed by atoms with van der Waals surface area (Å²) in [6, 6.07) is 45.7. The summed E-state index contributed by atoms with van der Waals surface area (Å²) in [4.78, 5) is 0. The number of furan rings is 1. The van der Waals surface area contributed by atoms with Crippen molar-refractivity contribution in [1.82, 2.24) is 4.57 Å². The van der Waals surface area contributed by atoms with Gasteiger partial charge in [-0.2, -0.15) is 0 Å². The summed E-state index contributed by atoms with van der Waals surface area (Å²) in [7, 11) is 0. The molecule has 0 unspecified atom stereocenters. The minimum Gasteiger partial charge on any atom is -0.455 e. The number of benzene rings is 6. The Labute approximate surface area is 227 Å². The average Bonchev–Trinajstić information content (AvgIpc) is 3.66. The zero-order valence-electron chi connectivity index (χ0n) is 20.9. The minimum absolute atomic E-state index is 0.902. The van der Waals surface area contributed by atoms with Gasteiger partial charge < -0.3 is 8.98 Å². The predicted molar refractivity (Wildman–Crippen MR) is 166 cm³/mol. The molecule has 0 aliphatic carbocycles. The molecular weight excluding hydrogens is 494 g/mol. The van der Waals surface area contributed by atoms with Gasteiger partial charge in [-0.15, -0.1) is 11.3 Å². The van der Waals surface area contributed by atoms with Crippen molar-refractivity contribution in [2.24, 2.45) is 0 Å². The van der Waals surface area contributed by atoms with Crippen molar-refractivity contribution in [2.45, 2.75) is 0 Å². The highest BCUT2D eigenvalue weighted by atomic mass is 32.1. The highest BCUT2D eigenvalue weighted by molar-refractivity contribution is 7.25. The third kappa shape index (κ3) is 2.91. The van der Waals surface area contributed by atoms with E-state index in [1.54, 1.807) is 0 Å². The molecule has 0 saturated heterocycles. The predicted octanol–water partition coefficient (Wildman–Crippen LogP) is 10.7. The Morgan fingerprint density at radius 3 is 2.00 bits per heavy atom. The number of rotatable bonds is 2. The van der Waals surface area contributed by atoms with Crippen LogP contribution in [0.3, 0.4) is 0 Å². The molecule has 0 atom stereocenters. The van der Waals surface area contributed by atoms with E-state index in [2.05, 4.69) is 132 Å². The maximum atomic E-state index is 6.67. The van der Waals surface area contributed by atoms with E-state index in [0.29, 0.717) is 0 Å². The average molecular weight is 516 g/mol. The van der Waals surface area contributed by atoms with Gasteiger partial charge in [0.15, 0.2) is 0 Å². The van der Waals surface area contributed by atoms with Crippen LogP contribution in [0.2, 0.25) is 0 Å². The Hall–Kier alpha value is -4.86. The molecule has 3 heterocycles. The molecular formula is C36H21NOS. The standard InChI is InChI=1S/C36H21NOS/c1-4-14-29-24(9-1)25-10-2-5-15-30(25)37(29)31-16-8-17-32-35(31)27-13-7-12-23(36(27)38-32)22-19-20-34-28(21-22)26-11-3-6-18-33(26)39-34/h1-21H. The van der Waals surface area contributed by atoms with Crippen LogP contribution >= 0.6 is 11.3 Å². The summed E-state index contributed by atoms with van der Waals surface area (Å²) in [5.41, 5.74) is 7.67. The van der Waals surface area contributed by atoms with Gasteiger partial charge in [0.1, 0.15) is 11.2 Å². The third-order valence-corrected chi connectivity index (χ3v) is 9.16. The second-order valence-corrected chi connectivity index (χ2v) is 11.2. The fraction of sp³-hybridized carbons (Fsp3) is 0. The molecule has 0 spiro atoms. The number of fused-ring (bicyclic) bond motifs is 9. The molecule has 39 heavy (non-hydrogen) atoms. The summed E-state index contributed by atoms with van der Waals surface area (Å²) < 4.78 is 11.7. The van der Waals surface area contributed by atoms with Crippen molar-refractivity contribution in [2.75, 3.05) is 0 Å². The topological polar surface area (TPSA) is 18.1 Å². The van der Waals surface area contributed by atoms with Gasteiger partial charge in [0.25, 0.3) is 0 Å². The van der Waals surface area contributed by atoms with Gasteiger partial charge in [0.05, 0.1) is 22.1 Å². The molecule has 3 heteroatoms. The molecule has 3 aromatic heterocycles. The van der Waals surface area contributed by atoms with Gasteiger partial charge in [0.2, 0.25) is 0 Å². The van der Waals surface area contributed by atoms with E-state index in [0.717, 1.165) is 33.2 Å². The molecule has 9 aromatic rings. The van der Waals surface area contributed by atoms with Crippen LogP contribution in [-0.4, -0.2) is 4.57 Å². The van der Waals surface area contributed by atoms with Gasteiger partial charge in [-0.3, -0.25) is 0 Å². The fourth-order valence-corrected chi connectivity index (χ4v) is 7.40. The number of aromatic nitrogens is 1. The zero-order chi connectivity index (χ0) is 25.5. The lowest BCUT2D eigenvalue weighted by molar-refractivity contribution is 0.670. The molecule has 0 fully saturated rings. The van der Waals surface area contributed by atoms with Gasteiger partial charge in [-0.25, -0.2) is 0 Å². The smallest absolute Gasteiger partial charge is 0.143 e. The summed E-state index contributed by atoms with van der Waals surface area (Å²) in [6.45, 7) is 0. The maximum absolute atomic E-state index is 6.67. The second-order valence-electron chi connectivity index (χ2n) is 10.1. The Balaban J connectivity index is 1.35. The van der Waals surface area contributed by atoms with E-state index in [1.807, 2.05) is 11.3 Å². The number of hydrogen-bond donors (Lipinski definition) is 0. The van der Waals surface area contributed by atoms with Crippen molar-refractivity contribution in [3.8, 4) is 16.8 Å². The Bertz CT molecular complexity index is 2350.